The summed E-state index contributed by atoms with van der Waals surface area (Å²) in [6, 6.07) is 6.89. The summed E-state index contributed by atoms with van der Waals surface area (Å²) in [6.45, 7) is 6.37. The van der Waals surface area contributed by atoms with Crippen LogP contribution >= 0.6 is 11.3 Å². The second-order valence-electron chi connectivity index (χ2n) is 5.90. The highest BCUT2D eigenvalue weighted by atomic mass is 32.1. The van der Waals surface area contributed by atoms with E-state index in [1.165, 1.54) is 10.7 Å². The van der Waals surface area contributed by atoms with Crippen LogP contribution < -0.4 is 0 Å². The van der Waals surface area contributed by atoms with Crippen molar-refractivity contribution in [3.63, 3.8) is 0 Å². The summed E-state index contributed by atoms with van der Waals surface area (Å²) < 4.78 is 15.8. The Labute approximate surface area is 127 Å². The van der Waals surface area contributed by atoms with Crippen molar-refractivity contribution in [1.82, 2.24) is 14.8 Å². The predicted octanol–water partition coefficient (Wildman–Crippen LogP) is 4.43. The van der Waals surface area contributed by atoms with E-state index in [2.05, 4.69) is 30.9 Å². The van der Waals surface area contributed by atoms with E-state index in [1.807, 2.05) is 11.4 Å². The number of rotatable bonds is 2. The summed E-state index contributed by atoms with van der Waals surface area (Å²) in [4.78, 5) is 4.61. The van der Waals surface area contributed by atoms with Crippen molar-refractivity contribution in [2.24, 2.45) is 0 Å². The highest BCUT2D eigenvalue weighted by Crippen LogP contribution is 2.30. The Morgan fingerprint density at radius 2 is 2.05 bits per heavy atom. The van der Waals surface area contributed by atoms with Gasteiger partial charge in [-0.15, -0.1) is 11.3 Å². The molecule has 2 heterocycles. The Hall–Kier alpha value is -2.01. The number of benzene rings is 1. The topological polar surface area (TPSA) is 30.7 Å². The molecule has 0 saturated carbocycles. The SMILES string of the molecule is CC(C)(C)c1nc(-c2ccc(-n3cccn3)c(F)c2)cs1. The predicted molar refractivity (Wildman–Crippen MR) is 83.3 cm³/mol. The maximum absolute atomic E-state index is 14.3. The molecule has 0 spiro atoms. The zero-order valence-corrected chi connectivity index (χ0v) is 13.0. The molecule has 3 nitrogen and oxygen atoms in total. The molecular weight excluding hydrogens is 285 g/mol. The molecule has 0 unspecified atom stereocenters. The molecule has 0 radical (unpaired) electrons. The lowest BCUT2D eigenvalue weighted by molar-refractivity contribution is 0.586. The van der Waals surface area contributed by atoms with Gasteiger partial charge in [0.25, 0.3) is 0 Å². The van der Waals surface area contributed by atoms with Gasteiger partial charge in [0.05, 0.1) is 10.7 Å². The van der Waals surface area contributed by atoms with Crippen LogP contribution in [0.4, 0.5) is 4.39 Å². The van der Waals surface area contributed by atoms with Gasteiger partial charge in [0.2, 0.25) is 0 Å². The van der Waals surface area contributed by atoms with Crippen molar-refractivity contribution in [2.75, 3.05) is 0 Å². The molecule has 0 amide bonds. The van der Waals surface area contributed by atoms with E-state index in [0.717, 1.165) is 16.3 Å². The van der Waals surface area contributed by atoms with E-state index in [4.69, 9.17) is 0 Å². The Morgan fingerprint density at radius 1 is 1.24 bits per heavy atom. The van der Waals surface area contributed by atoms with Crippen molar-refractivity contribution in [2.45, 2.75) is 26.2 Å². The Bertz CT molecular complexity index is 754. The first-order valence-corrected chi connectivity index (χ1v) is 7.59. The van der Waals surface area contributed by atoms with Crippen LogP contribution in [-0.2, 0) is 5.41 Å². The minimum absolute atomic E-state index is 0.0104. The highest BCUT2D eigenvalue weighted by Gasteiger charge is 2.18. The van der Waals surface area contributed by atoms with E-state index in [0.29, 0.717) is 5.69 Å². The molecule has 1 aromatic carbocycles. The Kier molecular flexibility index (Phi) is 3.37. The van der Waals surface area contributed by atoms with Crippen LogP contribution in [0.15, 0.2) is 42.0 Å². The maximum Gasteiger partial charge on any atom is 0.149 e. The second kappa shape index (κ2) is 5.07. The van der Waals surface area contributed by atoms with Crippen LogP contribution in [0.5, 0.6) is 0 Å². The summed E-state index contributed by atoms with van der Waals surface area (Å²) in [5.74, 6) is -0.304. The summed E-state index contributed by atoms with van der Waals surface area (Å²) in [5, 5.41) is 7.07. The fourth-order valence-electron chi connectivity index (χ4n) is 2.01. The number of hydrogen-bond acceptors (Lipinski definition) is 3. The quantitative estimate of drug-likeness (QED) is 0.701. The first-order valence-electron chi connectivity index (χ1n) is 6.71. The van der Waals surface area contributed by atoms with Crippen molar-refractivity contribution >= 4 is 11.3 Å². The largest absolute Gasteiger partial charge is 0.241 e. The summed E-state index contributed by atoms with van der Waals surface area (Å²) in [6.07, 6.45) is 3.35. The summed E-state index contributed by atoms with van der Waals surface area (Å²) >= 11 is 1.61. The van der Waals surface area contributed by atoms with Gasteiger partial charge in [0.1, 0.15) is 11.5 Å². The van der Waals surface area contributed by atoms with Crippen LogP contribution in [0, 0.1) is 5.82 Å². The number of nitrogens with zero attached hydrogens (tertiary/aromatic N) is 3. The molecule has 108 valence electrons. The summed E-state index contributed by atoms with van der Waals surface area (Å²) in [5.41, 5.74) is 2.05. The van der Waals surface area contributed by atoms with Gasteiger partial charge in [-0.1, -0.05) is 26.8 Å². The minimum Gasteiger partial charge on any atom is -0.241 e. The zero-order chi connectivity index (χ0) is 15.0. The van der Waals surface area contributed by atoms with Gasteiger partial charge in [0.15, 0.2) is 0 Å². The first kappa shape index (κ1) is 13.9. The second-order valence-corrected chi connectivity index (χ2v) is 6.76. The van der Waals surface area contributed by atoms with Gasteiger partial charge in [0, 0.05) is 28.8 Å². The third-order valence-electron chi connectivity index (χ3n) is 3.14. The highest BCUT2D eigenvalue weighted by molar-refractivity contribution is 7.10. The number of hydrogen-bond donors (Lipinski definition) is 0. The van der Waals surface area contributed by atoms with E-state index in [9.17, 15) is 4.39 Å². The van der Waals surface area contributed by atoms with Crippen molar-refractivity contribution in [3.8, 4) is 16.9 Å². The number of thiazole rings is 1. The van der Waals surface area contributed by atoms with Crippen LogP contribution in [0.3, 0.4) is 0 Å². The standard InChI is InChI=1S/C16H16FN3S/c1-16(2,3)15-19-13(10-21-15)11-5-6-14(12(17)9-11)20-8-4-7-18-20/h4-10H,1-3H3. The van der Waals surface area contributed by atoms with Gasteiger partial charge in [-0.05, 0) is 18.2 Å². The summed E-state index contributed by atoms with van der Waals surface area (Å²) in [7, 11) is 0. The van der Waals surface area contributed by atoms with Gasteiger partial charge in [-0.2, -0.15) is 5.10 Å². The minimum atomic E-state index is -0.304. The fourth-order valence-corrected chi connectivity index (χ4v) is 2.93. The Balaban J connectivity index is 1.97. The molecule has 21 heavy (non-hydrogen) atoms. The van der Waals surface area contributed by atoms with E-state index in [1.54, 1.807) is 35.9 Å². The molecule has 0 aliphatic rings. The molecule has 5 heteroatoms. The molecule has 2 aromatic heterocycles. The molecule has 0 saturated heterocycles. The lowest BCUT2D eigenvalue weighted by Crippen LogP contribution is -2.10. The first-order chi connectivity index (χ1) is 9.95. The average molecular weight is 301 g/mol. The molecule has 0 bridgehead atoms. The van der Waals surface area contributed by atoms with Crippen molar-refractivity contribution < 1.29 is 4.39 Å². The zero-order valence-electron chi connectivity index (χ0n) is 12.2. The van der Waals surface area contributed by atoms with Crippen LogP contribution in [0.2, 0.25) is 0 Å². The van der Waals surface area contributed by atoms with Gasteiger partial charge in [-0.3, -0.25) is 0 Å². The fraction of sp³-hybridized carbons (Fsp3) is 0.250. The van der Waals surface area contributed by atoms with Gasteiger partial charge >= 0.3 is 0 Å². The average Bonchev–Trinajstić information content (AvgIpc) is 3.09. The normalized spacial score (nSPS) is 11.8. The van der Waals surface area contributed by atoms with Crippen molar-refractivity contribution in [3.05, 3.63) is 52.9 Å². The smallest absolute Gasteiger partial charge is 0.149 e. The van der Waals surface area contributed by atoms with Crippen LogP contribution in [-0.4, -0.2) is 14.8 Å². The van der Waals surface area contributed by atoms with E-state index >= 15 is 0 Å². The third-order valence-corrected chi connectivity index (χ3v) is 4.41. The van der Waals surface area contributed by atoms with E-state index < -0.39 is 0 Å². The van der Waals surface area contributed by atoms with Gasteiger partial charge in [-0.25, -0.2) is 14.1 Å². The molecule has 0 N–H and O–H groups in total. The van der Waals surface area contributed by atoms with Crippen LogP contribution in [0.1, 0.15) is 25.8 Å². The monoisotopic (exact) mass is 301 g/mol. The lowest BCUT2D eigenvalue weighted by Gasteiger charge is -2.13. The maximum atomic E-state index is 14.3. The van der Waals surface area contributed by atoms with Crippen LogP contribution in [0.25, 0.3) is 16.9 Å². The molecule has 3 rings (SSSR count). The third kappa shape index (κ3) is 2.74. The van der Waals surface area contributed by atoms with Crippen molar-refractivity contribution in [1.29, 1.82) is 0 Å². The molecule has 0 fully saturated rings. The molecular formula is C16H16FN3S. The van der Waals surface area contributed by atoms with Gasteiger partial charge < -0.3 is 0 Å². The molecule has 0 aliphatic carbocycles. The number of halogens is 1. The Morgan fingerprint density at radius 3 is 2.62 bits per heavy atom. The lowest BCUT2D eigenvalue weighted by atomic mass is 9.98. The molecule has 3 aromatic rings. The molecule has 0 atom stereocenters. The van der Waals surface area contributed by atoms with E-state index in [-0.39, 0.29) is 11.2 Å². The molecule has 0 aliphatic heterocycles. The number of aromatic nitrogens is 3.